The molecule has 1 aromatic rings. The van der Waals surface area contributed by atoms with Crippen LogP contribution in [0.3, 0.4) is 0 Å². The van der Waals surface area contributed by atoms with E-state index in [1.54, 1.807) is 23.9 Å². The Balaban J connectivity index is 1.50. The largest absolute Gasteiger partial charge is 0.478 e. The van der Waals surface area contributed by atoms with Crippen molar-refractivity contribution in [2.24, 2.45) is 0 Å². The zero-order chi connectivity index (χ0) is 14.7. The normalized spacial score (nSPS) is 24.3. The fraction of sp³-hybridized carbons (Fsp3) is 0.625. The van der Waals surface area contributed by atoms with Crippen molar-refractivity contribution >= 4 is 17.7 Å². The quantitative estimate of drug-likeness (QED) is 0.858. The summed E-state index contributed by atoms with van der Waals surface area (Å²) in [5.74, 6) is -0.0290. The van der Waals surface area contributed by atoms with Crippen LogP contribution in [0.25, 0.3) is 0 Å². The first-order chi connectivity index (χ1) is 10.2. The number of hydrogen-bond acceptors (Lipinski definition) is 4. The third-order valence-corrected chi connectivity index (χ3v) is 5.58. The molecule has 1 saturated heterocycles. The Labute approximate surface area is 129 Å². The molecule has 3 rings (SSSR count). The van der Waals surface area contributed by atoms with E-state index in [-0.39, 0.29) is 11.2 Å². The molecule has 5 heteroatoms. The van der Waals surface area contributed by atoms with Gasteiger partial charge in [0, 0.05) is 11.9 Å². The number of hydrogen-bond donors (Lipinski definition) is 1. The SMILES string of the molecule is O=C(O)c1ccc(SCC2CCC3(CCCCC3)O2)nc1. The summed E-state index contributed by atoms with van der Waals surface area (Å²) in [5.41, 5.74) is 0.405. The highest BCUT2D eigenvalue weighted by Gasteiger charge is 2.40. The summed E-state index contributed by atoms with van der Waals surface area (Å²) in [6, 6.07) is 3.38. The van der Waals surface area contributed by atoms with E-state index >= 15 is 0 Å². The number of nitrogens with zero attached hydrogens (tertiary/aromatic N) is 1. The lowest BCUT2D eigenvalue weighted by molar-refractivity contribution is -0.0555. The van der Waals surface area contributed by atoms with Gasteiger partial charge in [0.1, 0.15) is 0 Å². The van der Waals surface area contributed by atoms with Crippen LogP contribution in [-0.4, -0.2) is 33.5 Å². The van der Waals surface area contributed by atoms with E-state index in [0.29, 0.717) is 6.10 Å². The Hall–Kier alpha value is -1.07. The summed E-state index contributed by atoms with van der Waals surface area (Å²) >= 11 is 1.66. The molecule has 2 aliphatic rings. The molecule has 1 aliphatic carbocycles. The van der Waals surface area contributed by atoms with Crippen molar-refractivity contribution in [1.29, 1.82) is 0 Å². The lowest BCUT2D eigenvalue weighted by atomic mass is 9.83. The highest BCUT2D eigenvalue weighted by atomic mass is 32.2. The first kappa shape index (κ1) is 14.9. The van der Waals surface area contributed by atoms with E-state index in [0.717, 1.165) is 17.2 Å². The smallest absolute Gasteiger partial charge is 0.337 e. The topological polar surface area (TPSA) is 59.4 Å². The molecule has 1 unspecified atom stereocenters. The second kappa shape index (κ2) is 6.36. The minimum atomic E-state index is -0.933. The van der Waals surface area contributed by atoms with Crippen molar-refractivity contribution in [3.63, 3.8) is 0 Å². The van der Waals surface area contributed by atoms with Gasteiger partial charge in [-0.25, -0.2) is 9.78 Å². The van der Waals surface area contributed by atoms with Crippen LogP contribution < -0.4 is 0 Å². The Morgan fingerprint density at radius 2 is 2.14 bits per heavy atom. The zero-order valence-electron chi connectivity index (χ0n) is 12.1. The molecular weight excluding hydrogens is 286 g/mol. The molecule has 1 atom stereocenters. The molecule has 0 aromatic carbocycles. The van der Waals surface area contributed by atoms with E-state index in [2.05, 4.69) is 4.98 Å². The maximum absolute atomic E-state index is 10.8. The predicted octanol–water partition coefficient (Wildman–Crippen LogP) is 3.75. The number of aromatic nitrogens is 1. The summed E-state index contributed by atoms with van der Waals surface area (Å²) < 4.78 is 6.33. The van der Waals surface area contributed by atoms with E-state index in [1.165, 1.54) is 44.7 Å². The molecule has 1 N–H and O–H groups in total. The second-order valence-corrected chi connectivity index (χ2v) is 7.06. The van der Waals surface area contributed by atoms with Crippen LogP contribution in [-0.2, 0) is 4.74 Å². The van der Waals surface area contributed by atoms with Crippen molar-refractivity contribution in [3.8, 4) is 0 Å². The van der Waals surface area contributed by atoms with Crippen LogP contribution in [0.2, 0.25) is 0 Å². The van der Waals surface area contributed by atoms with Gasteiger partial charge in [-0.2, -0.15) is 0 Å². The molecule has 1 aliphatic heterocycles. The summed E-state index contributed by atoms with van der Waals surface area (Å²) in [4.78, 5) is 15.0. The molecule has 114 valence electrons. The van der Waals surface area contributed by atoms with Crippen LogP contribution >= 0.6 is 11.8 Å². The van der Waals surface area contributed by atoms with Gasteiger partial charge in [-0.15, -0.1) is 11.8 Å². The summed E-state index contributed by atoms with van der Waals surface area (Å²) in [6.07, 6.45) is 10.5. The molecule has 1 aromatic heterocycles. The molecule has 1 spiro atoms. The van der Waals surface area contributed by atoms with Gasteiger partial charge in [0.15, 0.2) is 0 Å². The number of rotatable bonds is 4. The predicted molar refractivity (Wildman–Crippen MR) is 81.8 cm³/mol. The van der Waals surface area contributed by atoms with Crippen LogP contribution in [0.1, 0.15) is 55.3 Å². The average Bonchev–Trinajstić information content (AvgIpc) is 2.89. The monoisotopic (exact) mass is 307 g/mol. The van der Waals surface area contributed by atoms with E-state index in [9.17, 15) is 4.79 Å². The Morgan fingerprint density at radius 3 is 2.81 bits per heavy atom. The first-order valence-corrected chi connectivity index (χ1v) is 8.65. The van der Waals surface area contributed by atoms with Crippen LogP contribution in [0.15, 0.2) is 23.4 Å². The average molecular weight is 307 g/mol. The Bertz CT molecular complexity index is 497. The van der Waals surface area contributed by atoms with Gasteiger partial charge in [-0.3, -0.25) is 0 Å². The maximum atomic E-state index is 10.8. The molecular formula is C16H21NO3S. The molecule has 0 bridgehead atoms. The molecule has 0 amide bonds. The number of carbonyl (C=O) groups is 1. The second-order valence-electron chi connectivity index (χ2n) is 6.02. The van der Waals surface area contributed by atoms with Crippen molar-refractivity contribution in [3.05, 3.63) is 23.9 Å². The van der Waals surface area contributed by atoms with Crippen molar-refractivity contribution < 1.29 is 14.6 Å². The van der Waals surface area contributed by atoms with E-state index < -0.39 is 5.97 Å². The number of thioether (sulfide) groups is 1. The van der Waals surface area contributed by atoms with Gasteiger partial charge in [0.05, 0.1) is 22.3 Å². The van der Waals surface area contributed by atoms with Crippen LogP contribution in [0, 0.1) is 0 Å². The van der Waals surface area contributed by atoms with Gasteiger partial charge in [-0.1, -0.05) is 19.3 Å². The minimum absolute atomic E-state index is 0.171. The van der Waals surface area contributed by atoms with Crippen molar-refractivity contribution in [2.45, 2.75) is 61.7 Å². The first-order valence-electron chi connectivity index (χ1n) is 7.67. The molecule has 2 heterocycles. The van der Waals surface area contributed by atoms with Crippen molar-refractivity contribution in [1.82, 2.24) is 4.98 Å². The van der Waals surface area contributed by atoms with Crippen LogP contribution in [0.4, 0.5) is 0 Å². The van der Waals surface area contributed by atoms with E-state index in [4.69, 9.17) is 9.84 Å². The number of carboxylic acids is 1. The van der Waals surface area contributed by atoms with Crippen molar-refractivity contribution in [2.75, 3.05) is 5.75 Å². The molecule has 4 nitrogen and oxygen atoms in total. The minimum Gasteiger partial charge on any atom is -0.478 e. The molecule has 21 heavy (non-hydrogen) atoms. The highest BCUT2D eigenvalue weighted by Crippen LogP contribution is 2.42. The molecule has 2 fully saturated rings. The van der Waals surface area contributed by atoms with Gasteiger partial charge in [0.25, 0.3) is 0 Å². The van der Waals surface area contributed by atoms with Gasteiger partial charge in [0.2, 0.25) is 0 Å². The Morgan fingerprint density at radius 1 is 1.33 bits per heavy atom. The lowest BCUT2D eigenvalue weighted by Gasteiger charge is -2.33. The van der Waals surface area contributed by atoms with Crippen LogP contribution in [0.5, 0.6) is 0 Å². The molecule has 0 radical (unpaired) electrons. The fourth-order valence-corrected chi connectivity index (χ4v) is 4.23. The summed E-state index contributed by atoms with van der Waals surface area (Å²) in [6.45, 7) is 0. The Kier molecular flexibility index (Phi) is 4.50. The van der Waals surface area contributed by atoms with Gasteiger partial charge >= 0.3 is 5.97 Å². The number of pyridine rings is 1. The van der Waals surface area contributed by atoms with Gasteiger partial charge < -0.3 is 9.84 Å². The fourth-order valence-electron chi connectivity index (χ4n) is 3.35. The molecule has 1 saturated carbocycles. The zero-order valence-corrected chi connectivity index (χ0v) is 12.9. The standard InChI is InChI=1S/C16H21NO3S/c18-15(19)12-4-5-14(17-10-12)21-11-13-6-9-16(20-13)7-2-1-3-8-16/h4-5,10,13H,1-3,6-9,11H2,(H,18,19). The summed E-state index contributed by atoms with van der Waals surface area (Å²) in [5, 5.41) is 9.72. The number of ether oxygens (including phenoxy) is 1. The van der Waals surface area contributed by atoms with Gasteiger partial charge in [-0.05, 0) is 37.8 Å². The third-order valence-electron chi connectivity index (χ3n) is 4.50. The highest BCUT2D eigenvalue weighted by molar-refractivity contribution is 7.99. The maximum Gasteiger partial charge on any atom is 0.337 e. The third kappa shape index (κ3) is 3.58. The number of carboxylic acid groups (broad SMARTS) is 1. The lowest BCUT2D eigenvalue weighted by Crippen LogP contribution is -2.32. The number of aromatic carboxylic acids is 1. The summed E-state index contributed by atoms with van der Waals surface area (Å²) in [7, 11) is 0. The van der Waals surface area contributed by atoms with E-state index in [1.807, 2.05) is 0 Å².